The van der Waals surface area contributed by atoms with E-state index in [1.807, 2.05) is 66.0 Å². The van der Waals surface area contributed by atoms with Crippen molar-refractivity contribution in [3.63, 3.8) is 0 Å². The Balaban J connectivity index is 1.36. The minimum absolute atomic E-state index is 0.0852. The lowest BCUT2D eigenvalue weighted by atomic mass is 10.0. The Morgan fingerprint density at radius 1 is 1.04 bits per heavy atom. The first-order valence-corrected chi connectivity index (χ1v) is 10.7. The van der Waals surface area contributed by atoms with E-state index < -0.39 is 0 Å². The van der Waals surface area contributed by atoms with E-state index in [0.717, 1.165) is 29.1 Å². The molecule has 0 saturated carbocycles. The number of carbonyl (C=O) groups excluding carboxylic acids is 1. The molecule has 0 aliphatic carbocycles. The van der Waals surface area contributed by atoms with Crippen LogP contribution < -0.4 is 5.32 Å². The van der Waals surface area contributed by atoms with Crippen LogP contribution in [0.1, 0.15) is 10.7 Å². The fourth-order valence-corrected chi connectivity index (χ4v) is 4.10. The fraction of sp³-hybridized carbons (Fsp3) is 0.0952. The van der Waals surface area contributed by atoms with Crippen LogP contribution in [0.4, 0.5) is 5.69 Å². The van der Waals surface area contributed by atoms with E-state index in [0.29, 0.717) is 5.16 Å². The highest BCUT2D eigenvalue weighted by atomic mass is 32.2. The molecule has 0 saturated heterocycles. The number of nitrogens with one attached hydrogen (secondary N) is 2. The van der Waals surface area contributed by atoms with Gasteiger partial charge in [0.15, 0.2) is 0 Å². The molecule has 0 atom stereocenters. The number of rotatable bonds is 7. The average molecular weight is 407 g/mol. The number of amides is 1. The maximum Gasteiger partial charge on any atom is 0.234 e. The van der Waals surface area contributed by atoms with Gasteiger partial charge in [-0.3, -0.25) is 9.89 Å². The van der Waals surface area contributed by atoms with Crippen LogP contribution in [0, 0.1) is 0 Å². The number of aromatic nitrogens is 3. The molecule has 0 bridgehead atoms. The number of nitrogens with zero attached hydrogens (tertiary/aromatic N) is 2. The Hall–Kier alpha value is -2.90. The number of benzene rings is 2. The lowest BCUT2D eigenvalue weighted by Gasteiger charge is -2.10. The molecule has 5 nitrogen and oxygen atoms in total. The summed E-state index contributed by atoms with van der Waals surface area (Å²) in [4.78, 5) is 18.1. The summed E-state index contributed by atoms with van der Waals surface area (Å²) in [5, 5.41) is 12.8. The Labute approximate surface area is 171 Å². The van der Waals surface area contributed by atoms with Gasteiger partial charge in [0.2, 0.25) is 11.1 Å². The van der Waals surface area contributed by atoms with Gasteiger partial charge in [0.1, 0.15) is 5.82 Å². The molecular formula is C21H18N4OS2. The van der Waals surface area contributed by atoms with E-state index in [4.69, 9.17) is 0 Å². The monoisotopic (exact) mass is 406 g/mol. The largest absolute Gasteiger partial charge is 0.325 e. The summed E-state index contributed by atoms with van der Waals surface area (Å²) < 4.78 is 0. The van der Waals surface area contributed by atoms with Crippen LogP contribution in [0.5, 0.6) is 0 Å². The van der Waals surface area contributed by atoms with Gasteiger partial charge in [-0.2, -0.15) is 0 Å². The zero-order valence-corrected chi connectivity index (χ0v) is 16.6. The number of carbonyl (C=O) groups is 1. The van der Waals surface area contributed by atoms with Crippen LogP contribution in [-0.2, 0) is 11.2 Å². The fourth-order valence-electron chi connectivity index (χ4n) is 2.78. The standard InChI is InChI=1S/C21H18N4OS2/c26-20(14-28-21-23-19(24-25-21)13-16-9-6-12-27-16)22-18-11-5-4-10-17(18)15-7-2-1-3-8-15/h1-12H,13-14H2,(H,22,26)(H,23,24,25). The van der Waals surface area contributed by atoms with Crippen LogP contribution in [-0.4, -0.2) is 26.8 Å². The minimum Gasteiger partial charge on any atom is -0.325 e. The summed E-state index contributed by atoms with van der Waals surface area (Å²) >= 11 is 3.01. The molecule has 4 aromatic rings. The van der Waals surface area contributed by atoms with Crippen molar-refractivity contribution in [2.24, 2.45) is 0 Å². The van der Waals surface area contributed by atoms with E-state index >= 15 is 0 Å². The molecule has 2 aromatic carbocycles. The maximum absolute atomic E-state index is 12.4. The summed E-state index contributed by atoms with van der Waals surface area (Å²) in [7, 11) is 0. The lowest BCUT2D eigenvalue weighted by molar-refractivity contribution is -0.113. The minimum atomic E-state index is -0.0852. The molecular weight excluding hydrogens is 388 g/mol. The van der Waals surface area contributed by atoms with Gasteiger partial charge in [0.05, 0.1) is 5.75 Å². The number of aromatic amines is 1. The van der Waals surface area contributed by atoms with Gasteiger partial charge < -0.3 is 5.32 Å². The molecule has 2 heterocycles. The second-order valence-electron chi connectivity index (χ2n) is 6.07. The van der Waals surface area contributed by atoms with Gasteiger partial charge in [0.25, 0.3) is 0 Å². The SMILES string of the molecule is O=C(CSc1n[nH]c(Cc2cccs2)n1)Nc1ccccc1-c1ccccc1. The third-order valence-electron chi connectivity index (χ3n) is 4.05. The Morgan fingerprint density at radius 3 is 2.68 bits per heavy atom. The predicted molar refractivity (Wildman–Crippen MR) is 115 cm³/mol. The topological polar surface area (TPSA) is 70.7 Å². The van der Waals surface area contributed by atoms with E-state index in [1.165, 1.54) is 16.6 Å². The van der Waals surface area contributed by atoms with Crippen LogP contribution in [0.25, 0.3) is 11.1 Å². The van der Waals surface area contributed by atoms with Crippen LogP contribution >= 0.6 is 23.1 Å². The summed E-state index contributed by atoms with van der Waals surface area (Å²) in [5.41, 5.74) is 2.86. The second kappa shape index (κ2) is 8.86. The van der Waals surface area contributed by atoms with Crippen LogP contribution in [0.15, 0.2) is 77.3 Å². The van der Waals surface area contributed by atoms with Crippen LogP contribution in [0.3, 0.4) is 0 Å². The number of hydrogen-bond acceptors (Lipinski definition) is 5. The van der Waals surface area contributed by atoms with Gasteiger partial charge in [-0.05, 0) is 23.1 Å². The van der Waals surface area contributed by atoms with Gasteiger partial charge >= 0.3 is 0 Å². The van der Waals surface area contributed by atoms with Crippen LogP contribution in [0.2, 0.25) is 0 Å². The molecule has 0 aliphatic rings. The third-order valence-corrected chi connectivity index (χ3v) is 5.77. The number of hydrogen-bond donors (Lipinski definition) is 2. The second-order valence-corrected chi connectivity index (χ2v) is 8.04. The van der Waals surface area contributed by atoms with Crippen molar-refractivity contribution in [1.29, 1.82) is 0 Å². The van der Waals surface area contributed by atoms with Crippen molar-refractivity contribution >= 4 is 34.7 Å². The van der Waals surface area contributed by atoms with Crippen molar-refractivity contribution in [3.05, 3.63) is 82.8 Å². The molecule has 2 N–H and O–H groups in total. The molecule has 1 amide bonds. The van der Waals surface area contributed by atoms with E-state index in [-0.39, 0.29) is 11.7 Å². The molecule has 28 heavy (non-hydrogen) atoms. The number of H-pyrrole nitrogens is 1. The highest BCUT2D eigenvalue weighted by Crippen LogP contribution is 2.27. The van der Waals surface area contributed by atoms with Crippen molar-refractivity contribution in [2.75, 3.05) is 11.1 Å². The van der Waals surface area contributed by atoms with E-state index in [1.54, 1.807) is 11.3 Å². The molecule has 2 aromatic heterocycles. The van der Waals surface area contributed by atoms with E-state index in [9.17, 15) is 4.79 Å². The highest BCUT2D eigenvalue weighted by Gasteiger charge is 2.11. The van der Waals surface area contributed by atoms with Gasteiger partial charge in [-0.1, -0.05) is 66.4 Å². The predicted octanol–water partition coefficient (Wildman–Crippen LogP) is 4.85. The summed E-state index contributed by atoms with van der Waals surface area (Å²) in [6, 6.07) is 21.9. The zero-order valence-electron chi connectivity index (χ0n) is 15.0. The summed E-state index contributed by atoms with van der Waals surface area (Å²) in [6.07, 6.45) is 0.724. The van der Waals surface area contributed by atoms with Crippen molar-refractivity contribution in [1.82, 2.24) is 15.2 Å². The van der Waals surface area contributed by atoms with Crippen molar-refractivity contribution in [2.45, 2.75) is 11.6 Å². The Bertz CT molecular complexity index is 1050. The molecule has 4 rings (SSSR count). The van der Waals surface area contributed by atoms with Crippen molar-refractivity contribution < 1.29 is 4.79 Å². The first kappa shape index (κ1) is 18.5. The molecule has 140 valence electrons. The third kappa shape index (κ3) is 4.68. The first-order valence-electron chi connectivity index (χ1n) is 8.79. The molecule has 0 fully saturated rings. The lowest BCUT2D eigenvalue weighted by Crippen LogP contribution is -2.14. The normalized spacial score (nSPS) is 10.7. The number of thiophene rings is 1. The molecule has 7 heteroatoms. The number of anilines is 1. The van der Waals surface area contributed by atoms with Gasteiger partial charge in [0, 0.05) is 22.5 Å². The van der Waals surface area contributed by atoms with E-state index in [2.05, 4.69) is 26.6 Å². The number of para-hydroxylation sites is 1. The molecule has 0 radical (unpaired) electrons. The summed E-state index contributed by atoms with van der Waals surface area (Å²) in [6.45, 7) is 0. The summed E-state index contributed by atoms with van der Waals surface area (Å²) in [5.74, 6) is 0.970. The van der Waals surface area contributed by atoms with Gasteiger partial charge in [-0.25, -0.2) is 4.98 Å². The zero-order chi connectivity index (χ0) is 19.2. The quantitative estimate of drug-likeness (QED) is 0.430. The molecule has 0 unspecified atom stereocenters. The Kier molecular flexibility index (Phi) is 5.84. The Morgan fingerprint density at radius 2 is 1.86 bits per heavy atom. The first-order chi connectivity index (χ1) is 13.8. The molecule has 0 aliphatic heterocycles. The highest BCUT2D eigenvalue weighted by molar-refractivity contribution is 7.99. The smallest absolute Gasteiger partial charge is 0.234 e. The van der Waals surface area contributed by atoms with Crippen molar-refractivity contribution in [3.8, 4) is 11.1 Å². The average Bonchev–Trinajstić information content (AvgIpc) is 3.40. The van der Waals surface area contributed by atoms with Gasteiger partial charge in [-0.15, -0.1) is 16.4 Å². The molecule has 0 spiro atoms. The maximum atomic E-state index is 12.4. The number of thioether (sulfide) groups is 1.